The number of benzene rings is 1. The smallest absolute Gasteiger partial charge is 0.181 e. The van der Waals surface area contributed by atoms with E-state index in [9.17, 15) is 12.8 Å². The Balaban J connectivity index is 2.32. The topological polar surface area (TPSA) is 60.2 Å². The van der Waals surface area contributed by atoms with Gasteiger partial charge >= 0.3 is 0 Å². The summed E-state index contributed by atoms with van der Waals surface area (Å²) in [4.78, 5) is 0.208. The molecule has 1 fully saturated rings. The van der Waals surface area contributed by atoms with Gasteiger partial charge in [0.2, 0.25) is 0 Å². The van der Waals surface area contributed by atoms with Crippen LogP contribution >= 0.6 is 0 Å². The van der Waals surface area contributed by atoms with Crippen LogP contribution in [0.4, 0.5) is 4.39 Å². The second kappa shape index (κ2) is 6.22. The van der Waals surface area contributed by atoms with Crippen molar-refractivity contribution in [3.05, 3.63) is 30.1 Å². The molecule has 20 heavy (non-hydrogen) atoms. The van der Waals surface area contributed by atoms with E-state index in [2.05, 4.69) is 6.92 Å². The fourth-order valence-electron chi connectivity index (χ4n) is 3.09. The maximum absolute atomic E-state index is 13.0. The van der Waals surface area contributed by atoms with Crippen LogP contribution in [-0.2, 0) is 9.84 Å². The van der Waals surface area contributed by atoms with Crippen LogP contribution in [0, 0.1) is 17.7 Å². The normalized spacial score (nSPS) is 27.4. The summed E-state index contributed by atoms with van der Waals surface area (Å²) in [6.07, 6.45) is 3.57. The van der Waals surface area contributed by atoms with Crippen molar-refractivity contribution in [2.75, 3.05) is 6.54 Å². The summed E-state index contributed by atoms with van der Waals surface area (Å²) in [5.41, 5.74) is 5.75. The lowest BCUT2D eigenvalue weighted by molar-refractivity contribution is 0.275. The Hall–Kier alpha value is -0.940. The van der Waals surface area contributed by atoms with E-state index in [0.29, 0.717) is 18.9 Å². The molecular weight excluding hydrogens is 277 g/mol. The highest BCUT2D eigenvalue weighted by Crippen LogP contribution is 2.37. The van der Waals surface area contributed by atoms with Crippen molar-refractivity contribution in [1.82, 2.24) is 0 Å². The Morgan fingerprint density at radius 2 is 1.90 bits per heavy atom. The molecule has 0 radical (unpaired) electrons. The monoisotopic (exact) mass is 299 g/mol. The van der Waals surface area contributed by atoms with Crippen molar-refractivity contribution < 1.29 is 12.8 Å². The van der Waals surface area contributed by atoms with Crippen LogP contribution < -0.4 is 5.73 Å². The Kier molecular flexibility index (Phi) is 4.81. The van der Waals surface area contributed by atoms with Gasteiger partial charge in [0.15, 0.2) is 9.84 Å². The lowest BCUT2D eigenvalue weighted by atomic mass is 9.80. The summed E-state index contributed by atoms with van der Waals surface area (Å²) in [5, 5.41) is -0.434. The van der Waals surface area contributed by atoms with Crippen LogP contribution in [0.2, 0.25) is 0 Å². The van der Waals surface area contributed by atoms with Crippen LogP contribution in [0.15, 0.2) is 29.2 Å². The molecule has 0 amide bonds. The first kappa shape index (κ1) is 15.4. The van der Waals surface area contributed by atoms with E-state index in [1.807, 2.05) is 0 Å². The molecule has 0 heterocycles. The number of rotatable bonds is 4. The minimum Gasteiger partial charge on any atom is -0.330 e. The molecule has 1 aliphatic carbocycles. The fourth-order valence-corrected chi connectivity index (χ4v) is 5.24. The van der Waals surface area contributed by atoms with E-state index in [4.69, 9.17) is 5.73 Å². The van der Waals surface area contributed by atoms with E-state index >= 15 is 0 Å². The molecule has 3 atom stereocenters. The number of halogens is 1. The molecule has 0 saturated heterocycles. The van der Waals surface area contributed by atoms with Gasteiger partial charge in [-0.15, -0.1) is 0 Å². The van der Waals surface area contributed by atoms with E-state index < -0.39 is 20.9 Å². The zero-order chi connectivity index (χ0) is 14.8. The molecule has 2 N–H and O–H groups in total. The van der Waals surface area contributed by atoms with Gasteiger partial charge in [0.1, 0.15) is 5.82 Å². The second-order valence-electron chi connectivity index (χ2n) is 5.62. The Morgan fingerprint density at radius 1 is 1.25 bits per heavy atom. The molecule has 1 saturated carbocycles. The third kappa shape index (κ3) is 3.04. The molecule has 0 spiro atoms. The highest BCUT2D eigenvalue weighted by molar-refractivity contribution is 7.92. The summed E-state index contributed by atoms with van der Waals surface area (Å²) in [7, 11) is -3.43. The highest BCUT2D eigenvalue weighted by Gasteiger charge is 2.38. The van der Waals surface area contributed by atoms with Crippen molar-refractivity contribution in [1.29, 1.82) is 0 Å². The number of nitrogens with two attached hydrogens (primary N) is 1. The molecule has 0 aromatic heterocycles. The molecule has 1 aromatic carbocycles. The van der Waals surface area contributed by atoms with Gasteiger partial charge < -0.3 is 5.73 Å². The first-order valence-corrected chi connectivity index (χ1v) is 8.73. The standard InChI is InChI=1S/C15H22FNO2S/c1-2-11-3-4-12(10-17)15(9-11)20(18,19)14-7-5-13(16)6-8-14/h5-8,11-12,15H,2-4,9-10,17H2,1H3. The number of hydrogen-bond donors (Lipinski definition) is 1. The molecule has 1 aliphatic rings. The van der Waals surface area contributed by atoms with Crippen LogP contribution in [-0.4, -0.2) is 20.2 Å². The van der Waals surface area contributed by atoms with Crippen LogP contribution in [0.25, 0.3) is 0 Å². The average Bonchev–Trinajstić information content (AvgIpc) is 2.47. The molecule has 3 unspecified atom stereocenters. The number of hydrogen-bond acceptors (Lipinski definition) is 3. The van der Waals surface area contributed by atoms with Crippen molar-refractivity contribution in [3.63, 3.8) is 0 Å². The SMILES string of the molecule is CCC1CCC(CN)C(S(=O)(=O)c2ccc(F)cc2)C1. The first-order chi connectivity index (χ1) is 9.48. The molecule has 0 aliphatic heterocycles. The summed E-state index contributed by atoms with van der Waals surface area (Å²) in [5.74, 6) is 0.0280. The third-order valence-electron chi connectivity index (χ3n) is 4.46. The first-order valence-electron chi connectivity index (χ1n) is 7.18. The molecular formula is C15H22FNO2S. The second-order valence-corrected chi connectivity index (χ2v) is 7.79. The zero-order valence-electron chi connectivity index (χ0n) is 11.8. The van der Waals surface area contributed by atoms with Crippen molar-refractivity contribution in [3.8, 4) is 0 Å². The number of sulfone groups is 1. The van der Waals surface area contributed by atoms with Crippen LogP contribution in [0.3, 0.4) is 0 Å². The zero-order valence-corrected chi connectivity index (χ0v) is 12.6. The lowest BCUT2D eigenvalue weighted by Gasteiger charge is -2.34. The Labute approximate surface area is 120 Å². The van der Waals surface area contributed by atoms with Crippen molar-refractivity contribution in [2.24, 2.45) is 17.6 Å². The van der Waals surface area contributed by atoms with Gasteiger partial charge in [-0.1, -0.05) is 19.8 Å². The maximum atomic E-state index is 13.0. The van der Waals surface area contributed by atoms with Crippen molar-refractivity contribution in [2.45, 2.75) is 42.8 Å². The molecule has 112 valence electrons. The lowest BCUT2D eigenvalue weighted by Crippen LogP contribution is -2.39. The van der Waals surface area contributed by atoms with E-state index in [1.165, 1.54) is 24.3 Å². The molecule has 0 bridgehead atoms. The van der Waals surface area contributed by atoms with Crippen LogP contribution in [0.1, 0.15) is 32.6 Å². The fraction of sp³-hybridized carbons (Fsp3) is 0.600. The summed E-state index contributed by atoms with van der Waals surface area (Å²) < 4.78 is 38.5. The van der Waals surface area contributed by atoms with Gasteiger partial charge in [0.25, 0.3) is 0 Å². The molecule has 3 nitrogen and oxygen atoms in total. The molecule has 1 aromatic rings. The Bertz CT molecular complexity index is 541. The van der Waals surface area contributed by atoms with Gasteiger partial charge in [0.05, 0.1) is 10.1 Å². The maximum Gasteiger partial charge on any atom is 0.181 e. The van der Waals surface area contributed by atoms with E-state index in [0.717, 1.165) is 19.3 Å². The summed E-state index contributed by atoms with van der Waals surface area (Å²) in [6.45, 7) is 2.48. The van der Waals surface area contributed by atoms with Gasteiger partial charge in [-0.2, -0.15) is 0 Å². The molecule has 2 rings (SSSR count). The predicted molar refractivity (Wildman–Crippen MR) is 77.6 cm³/mol. The van der Waals surface area contributed by atoms with E-state index in [1.54, 1.807) is 0 Å². The van der Waals surface area contributed by atoms with E-state index in [-0.39, 0.29) is 10.8 Å². The predicted octanol–water partition coefficient (Wildman–Crippen LogP) is 2.75. The third-order valence-corrected chi connectivity index (χ3v) is 6.76. The van der Waals surface area contributed by atoms with Gasteiger partial charge in [0, 0.05) is 0 Å². The summed E-state index contributed by atoms with van der Waals surface area (Å²) >= 11 is 0. The summed E-state index contributed by atoms with van der Waals surface area (Å²) in [6, 6.07) is 5.11. The minimum atomic E-state index is -3.43. The minimum absolute atomic E-state index is 0.00727. The van der Waals surface area contributed by atoms with Crippen LogP contribution in [0.5, 0.6) is 0 Å². The molecule has 5 heteroatoms. The average molecular weight is 299 g/mol. The Morgan fingerprint density at radius 3 is 2.45 bits per heavy atom. The van der Waals surface area contributed by atoms with Gasteiger partial charge in [-0.05, 0) is 55.5 Å². The highest BCUT2D eigenvalue weighted by atomic mass is 32.2. The quantitative estimate of drug-likeness (QED) is 0.870. The van der Waals surface area contributed by atoms with Gasteiger partial charge in [-0.25, -0.2) is 12.8 Å². The van der Waals surface area contributed by atoms with Gasteiger partial charge in [-0.3, -0.25) is 0 Å². The van der Waals surface area contributed by atoms with Crippen molar-refractivity contribution >= 4 is 9.84 Å². The largest absolute Gasteiger partial charge is 0.330 e.